The van der Waals surface area contributed by atoms with Crippen LogP contribution in [0.1, 0.15) is 58.0 Å². The average molecular weight is 543 g/mol. The van der Waals surface area contributed by atoms with Gasteiger partial charge in [0.1, 0.15) is 12.5 Å². The Labute approximate surface area is 234 Å². The molecule has 4 unspecified atom stereocenters. The highest BCUT2D eigenvalue weighted by atomic mass is 16.5. The highest BCUT2D eigenvalue weighted by molar-refractivity contribution is 5.74. The van der Waals surface area contributed by atoms with E-state index in [4.69, 9.17) is 31.8 Å². The Kier molecular flexibility index (Phi) is 8.92. The van der Waals surface area contributed by atoms with Gasteiger partial charge in [-0.2, -0.15) is 0 Å². The van der Waals surface area contributed by atoms with Gasteiger partial charge >= 0.3 is 0 Å². The molecule has 10 heteroatoms. The summed E-state index contributed by atoms with van der Waals surface area (Å²) in [6.45, 7) is 2.70. The van der Waals surface area contributed by atoms with Crippen molar-refractivity contribution in [3.8, 4) is 0 Å². The molecule has 0 radical (unpaired) electrons. The van der Waals surface area contributed by atoms with Crippen LogP contribution in [0.15, 0.2) is 72.8 Å². The highest BCUT2D eigenvalue weighted by Gasteiger charge is 2.30. The van der Waals surface area contributed by atoms with Gasteiger partial charge in [0, 0.05) is 26.2 Å². The van der Waals surface area contributed by atoms with Crippen LogP contribution in [0.5, 0.6) is 0 Å². The molecule has 4 atom stereocenters. The molecule has 210 valence electrons. The van der Waals surface area contributed by atoms with Crippen LogP contribution < -0.4 is 32.7 Å². The smallest absolute Gasteiger partial charge is 0.185 e. The van der Waals surface area contributed by atoms with Gasteiger partial charge in [0.15, 0.2) is 11.9 Å². The van der Waals surface area contributed by atoms with Crippen LogP contribution in [0.3, 0.4) is 0 Å². The van der Waals surface area contributed by atoms with Gasteiger partial charge in [0.05, 0.1) is 12.2 Å². The number of hydrogen-bond acceptors (Lipinski definition) is 6. The molecule has 2 aliphatic rings. The zero-order chi connectivity index (χ0) is 27.9. The number of hydrogen-bond donors (Lipinski definition) is 8. The quantitative estimate of drug-likeness (QED) is 0.143. The van der Waals surface area contributed by atoms with Gasteiger partial charge in [-0.15, -0.1) is 0 Å². The molecule has 3 aromatic carbocycles. The van der Waals surface area contributed by atoms with Gasteiger partial charge in [-0.3, -0.25) is 21.5 Å². The third kappa shape index (κ3) is 7.16. The average Bonchev–Trinajstić information content (AvgIpc) is 3.64. The SMILES string of the molecule is N=C(N)NCCc1cccc(C2CNC(c3cccc(C4NCC(c5cccc(CCNC(=N)N)c5)O4)c3)O2)c1. The summed E-state index contributed by atoms with van der Waals surface area (Å²) in [5, 5.41) is 27.4. The van der Waals surface area contributed by atoms with E-state index in [1.165, 1.54) is 11.1 Å². The minimum atomic E-state index is -0.203. The van der Waals surface area contributed by atoms with Gasteiger partial charge in [0.25, 0.3) is 0 Å². The Hall–Kier alpha value is -3.96. The lowest BCUT2D eigenvalue weighted by Crippen LogP contribution is -2.31. The largest absolute Gasteiger partial charge is 0.370 e. The fourth-order valence-electron chi connectivity index (χ4n) is 5.20. The maximum absolute atomic E-state index is 7.32. The standard InChI is InChI=1S/C30H38N8O2/c31-29(32)35-12-10-19-4-1-6-21(14-19)25-17-37-27(39-25)23-8-3-9-24(16-23)28-38-18-26(40-28)22-7-2-5-20(15-22)11-13-36-30(33)34/h1-9,14-16,25-28,37-38H,10-13,17-18H2,(H4,31,32,35)(H4,33,34,36). The van der Waals surface area contributed by atoms with E-state index in [1.807, 2.05) is 18.2 Å². The number of nitrogens with two attached hydrogens (primary N) is 2. The number of ether oxygens (including phenoxy) is 2. The van der Waals surface area contributed by atoms with Gasteiger partial charge in [-0.1, -0.05) is 66.7 Å². The summed E-state index contributed by atoms with van der Waals surface area (Å²) in [4.78, 5) is 0. The van der Waals surface area contributed by atoms with E-state index < -0.39 is 0 Å². The van der Waals surface area contributed by atoms with Crippen LogP contribution in [0.25, 0.3) is 0 Å². The molecule has 2 fully saturated rings. The monoisotopic (exact) mass is 542 g/mol. The summed E-state index contributed by atoms with van der Waals surface area (Å²) in [6, 6.07) is 25.1. The van der Waals surface area contributed by atoms with Crippen molar-refractivity contribution in [1.82, 2.24) is 21.3 Å². The van der Waals surface area contributed by atoms with E-state index in [2.05, 4.69) is 75.9 Å². The second-order valence-corrected chi connectivity index (χ2v) is 10.2. The minimum Gasteiger partial charge on any atom is -0.370 e. The molecule has 0 saturated carbocycles. The third-order valence-corrected chi connectivity index (χ3v) is 7.20. The van der Waals surface area contributed by atoms with Gasteiger partial charge in [-0.25, -0.2) is 0 Å². The molecule has 5 rings (SSSR count). The summed E-state index contributed by atoms with van der Waals surface area (Å²) >= 11 is 0. The predicted molar refractivity (Wildman–Crippen MR) is 156 cm³/mol. The van der Waals surface area contributed by atoms with E-state index >= 15 is 0 Å². The lowest BCUT2D eigenvalue weighted by atomic mass is 10.0. The zero-order valence-corrected chi connectivity index (χ0v) is 22.5. The van der Waals surface area contributed by atoms with Crippen LogP contribution in [0.2, 0.25) is 0 Å². The first-order valence-corrected chi connectivity index (χ1v) is 13.7. The van der Waals surface area contributed by atoms with E-state index in [9.17, 15) is 0 Å². The molecule has 0 bridgehead atoms. The van der Waals surface area contributed by atoms with Gasteiger partial charge in [-0.05, 0) is 52.3 Å². The van der Waals surface area contributed by atoms with Crippen molar-refractivity contribution in [2.45, 2.75) is 37.5 Å². The maximum Gasteiger partial charge on any atom is 0.185 e. The van der Waals surface area contributed by atoms with Crippen LogP contribution >= 0.6 is 0 Å². The predicted octanol–water partition coefficient (Wildman–Crippen LogP) is 2.46. The Morgan fingerprint density at radius 1 is 0.675 bits per heavy atom. The van der Waals surface area contributed by atoms with Crippen molar-refractivity contribution >= 4 is 11.9 Å². The molecular formula is C30H38N8O2. The van der Waals surface area contributed by atoms with Crippen molar-refractivity contribution < 1.29 is 9.47 Å². The molecule has 2 heterocycles. The van der Waals surface area contributed by atoms with Crippen molar-refractivity contribution in [1.29, 1.82) is 10.8 Å². The lowest BCUT2D eigenvalue weighted by Gasteiger charge is -2.18. The highest BCUT2D eigenvalue weighted by Crippen LogP contribution is 2.35. The van der Waals surface area contributed by atoms with Crippen molar-refractivity contribution in [2.24, 2.45) is 11.5 Å². The second kappa shape index (κ2) is 12.9. The van der Waals surface area contributed by atoms with Gasteiger partial charge in [0.2, 0.25) is 0 Å². The molecule has 0 aliphatic carbocycles. The number of nitrogens with one attached hydrogen (secondary N) is 6. The van der Waals surface area contributed by atoms with E-state index in [0.717, 1.165) is 48.2 Å². The summed E-state index contributed by atoms with van der Waals surface area (Å²) in [5.41, 5.74) is 17.5. The Morgan fingerprint density at radius 3 is 1.55 bits per heavy atom. The fraction of sp³-hybridized carbons (Fsp3) is 0.333. The van der Waals surface area contributed by atoms with Crippen LogP contribution in [0, 0.1) is 10.8 Å². The Morgan fingerprint density at radius 2 is 1.10 bits per heavy atom. The fourth-order valence-corrected chi connectivity index (χ4v) is 5.20. The normalized spacial score (nSPS) is 22.2. The van der Waals surface area contributed by atoms with Crippen molar-refractivity contribution in [2.75, 3.05) is 26.2 Å². The van der Waals surface area contributed by atoms with Gasteiger partial charge < -0.3 is 31.6 Å². The molecule has 10 nitrogen and oxygen atoms in total. The summed E-state index contributed by atoms with van der Waals surface area (Å²) in [5.74, 6) is -0.0228. The van der Waals surface area contributed by atoms with E-state index in [0.29, 0.717) is 13.1 Å². The number of rotatable bonds is 10. The topological polar surface area (TPSA) is 166 Å². The van der Waals surface area contributed by atoms with E-state index in [1.54, 1.807) is 0 Å². The first-order chi connectivity index (χ1) is 19.4. The summed E-state index contributed by atoms with van der Waals surface area (Å²) in [7, 11) is 0. The maximum atomic E-state index is 7.32. The Balaban J connectivity index is 1.18. The number of benzene rings is 3. The van der Waals surface area contributed by atoms with Crippen LogP contribution in [-0.2, 0) is 22.3 Å². The van der Waals surface area contributed by atoms with Crippen molar-refractivity contribution in [3.05, 3.63) is 106 Å². The first kappa shape index (κ1) is 27.6. The molecule has 10 N–H and O–H groups in total. The number of guanidine groups is 2. The summed E-state index contributed by atoms with van der Waals surface area (Å²) < 4.78 is 12.9. The first-order valence-electron chi connectivity index (χ1n) is 13.7. The molecule has 40 heavy (non-hydrogen) atoms. The molecule has 0 spiro atoms. The molecule has 0 aromatic heterocycles. The molecule has 3 aromatic rings. The molecule has 2 saturated heterocycles. The molecule has 2 aliphatic heterocycles. The minimum absolute atomic E-state index is 0.0114. The third-order valence-electron chi connectivity index (χ3n) is 7.20. The molecular weight excluding hydrogens is 504 g/mol. The zero-order valence-electron chi connectivity index (χ0n) is 22.5. The van der Waals surface area contributed by atoms with E-state index in [-0.39, 0.29) is 36.6 Å². The lowest BCUT2D eigenvalue weighted by molar-refractivity contribution is 0.0365. The summed E-state index contributed by atoms with van der Waals surface area (Å²) in [6.07, 6.45) is 1.08. The Bertz CT molecular complexity index is 1240. The van der Waals surface area contributed by atoms with Crippen LogP contribution in [-0.4, -0.2) is 38.1 Å². The molecule has 0 amide bonds. The van der Waals surface area contributed by atoms with Crippen molar-refractivity contribution in [3.63, 3.8) is 0 Å². The second-order valence-electron chi connectivity index (χ2n) is 10.2. The van der Waals surface area contributed by atoms with Crippen LogP contribution in [0.4, 0.5) is 0 Å².